The van der Waals surface area contributed by atoms with Gasteiger partial charge < -0.3 is 0 Å². The third-order valence-electron chi connectivity index (χ3n) is 1.93. The molecule has 0 radical (unpaired) electrons. The van der Waals surface area contributed by atoms with E-state index in [1.54, 1.807) is 0 Å². The lowest BCUT2D eigenvalue weighted by molar-refractivity contribution is -0.162. The van der Waals surface area contributed by atoms with E-state index < -0.39 is 34.3 Å². The van der Waals surface area contributed by atoms with Crippen molar-refractivity contribution in [1.29, 1.82) is 0 Å². The molecular formula is C9H2ClF6IO. The second-order valence-corrected chi connectivity index (χ2v) is 4.65. The number of benzene rings is 1. The van der Waals surface area contributed by atoms with Gasteiger partial charge in [0.05, 0.1) is 11.1 Å². The first-order chi connectivity index (χ1) is 7.94. The molecule has 0 bridgehead atoms. The Bertz CT molecular complexity index is 493. The Kier molecular flexibility index (Phi) is 4.21. The van der Waals surface area contributed by atoms with Gasteiger partial charge in [-0.15, -0.1) is 0 Å². The number of alkyl halides is 6. The van der Waals surface area contributed by atoms with Crippen LogP contribution in [0.5, 0.6) is 0 Å². The smallest absolute Gasteiger partial charge is 0.276 e. The second kappa shape index (κ2) is 4.87. The lowest BCUT2D eigenvalue weighted by atomic mass is 10.0. The molecule has 0 fully saturated rings. The molecule has 0 saturated carbocycles. The molecule has 0 atom stereocenters. The fourth-order valence-electron chi connectivity index (χ4n) is 1.19. The maximum atomic E-state index is 12.5. The third-order valence-corrected chi connectivity index (χ3v) is 3.03. The van der Waals surface area contributed by atoms with Gasteiger partial charge in [-0.05, 0) is 46.3 Å². The summed E-state index contributed by atoms with van der Waals surface area (Å²) in [7, 11) is 0. The number of halogens is 8. The summed E-state index contributed by atoms with van der Waals surface area (Å²) in [5, 5.41) is -1.25. The van der Waals surface area contributed by atoms with Crippen LogP contribution >= 0.6 is 34.2 Å². The lowest BCUT2D eigenvalue weighted by Gasteiger charge is -2.16. The van der Waals surface area contributed by atoms with Crippen LogP contribution in [0, 0.1) is 3.57 Å². The van der Waals surface area contributed by atoms with Crippen LogP contribution in [-0.2, 0) is 12.4 Å². The molecule has 0 spiro atoms. The first kappa shape index (κ1) is 15.5. The van der Waals surface area contributed by atoms with Crippen LogP contribution in [0.15, 0.2) is 12.1 Å². The van der Waals surface area contributed by atoms with Crippen LogP contribution in [0.1, 0.15) is 21.5 Å². The highest BCUT2D eigenvalue weighted by atomic mass is 127. The van der Waals surface area contributed by atoms with Gasteiger partial charge in [0.25, 0.3) is 5.24 Å². The van der Waals surface area contributed by atoms with Crippen molar-refractivity contribution in [3.63, 3.8) is 0 Å². The summed E-state index contributed by atoms with van der Waals surface area (Å²) in [5.41, 5.74) is -4.39. The SMILES string of the molecule is O=C(Cl)c1cc(C(F)(F)F)c(C(F)(F)F)cc1I. The molecule has 0 N–H and O–H groups in total. The van der Waals surface area contributed by atoms with Gasteiger partial charge in [0.2, 0.25) is 0 Å². The zero-order valence-electron chi connectivity index (χ0n) is 8.09. The van der Waals surface area contributed by atoms with Gasteiger partial charge in [0.15, 0.2) is 0 Å². The molecule has 0 aromatic heterocycles. The van der Waals surface area contributed by atoms with Crippen molar-refractivity contribution in [2.24, 2.45) is 0 Å². The van der Waals surface area contributed by atoms with E-state index in [4.69, 9.17) is 11.6 Å². The van der Waals surface area contributed by atoms with E-state index in [9.17, 15) is 31.1 Å². The standard InChI is InChI=1S/C9H2ClF6IO/c10-7(18)3-1-4(8(11,12)13)5(2-6(3)17)9(14,15)16/h1-2H. The highest BCUT2D eigenvalue weighted by molar-refractivity contribution is 14.1. The number of rotatable bonds is 1. The van der Waals surface area contributed by atoms with Crippen molar-refractivity contribution in [2.75, 3.05) is 0 Å². The van der Waals surface area contributed by atoms with Crippen molar-refractivity contribution < 1.29 is 31.1 Å². The Labute approximate surface area is 115 Å². The van der Waals surface area contributed by atoms with Crippen LogP contribution in [0.25, 0.3) is 0 Å². The van der Waals surface area contributed by atoms with Crippen molar-refractivity contribution in [2.45, 2.75) is 12.4 Å². The van der Waals surface area contributed by atoms with Gasteiger partial charge >= 0.3 is 12.4 Å². The molecule has 0 heterocycles. The Morgan fingerprint density at radius 1 is 1.00 bits per heavy atom. The molecule has 0 aliphatic heterocycles. The van der Waals surface area contributed by atoms with E-state index in [2.05, 4.69) is 0 Å². The van der Waals surface area contributed by atoms with Crippen molar-refractivity contribution in [3.05, 3.63) is 32.4 Å². The summed E-state index contributed by atoms with van der Waals surface area (Å²) in [6.07, 6.45) is -10.4. The van der Waals surface area contributed by atoms with Gasteiger partial charge in [-0.25, -0.2) is 0 Å². The van der Waals surface area contributed by atoms with E-state index in [-0.39, 0.29) is 15.7 Å². The van der Waals surface area contributed by atoms with Gasteiger partial charge in [-0.2, -0.15) is 26.3 Å². The Morgan fingerprint density at radius 3 is 1.72 bits per heavy atom. The highest BCUT2D eigenvalue weighted by Crippen LogP contribution is 2.41. The van der Waals surface area contributed by atoms with Crippen LogP contribution in [-0.4, -0.2) is 5.24 Å². The van der Waals surface area contributed by atoms with E-state index in [1.807, 2.05) is 0 Å². The number of hydrogen-bond acceptors (Lipinski definition) is 1. The molecule has 0 aliphatic carbocycles. The zero-order valence-corrected chi connectivity index (χ0v) is 11.0. The molecule has 100 valence electrons. The predicted molar refractivity (Wildman–Crippen MR) is 59.3 cm³/mol. The van der Waals surface area contributed by atoms with E-state index >= 15 is 0 Å². The quantitative estimate of drug-likeness (QED) is 0.378. The summed E-state index contributed by atoms with van der Waals surface area (Å²) >= 11 is 6.32. The number of carbonyl (C=O) groups excluding carboxylic acids is 1. The summed E-state index contributed by atoms with van der Waals surface area (Å²) in [5.74, 6) is 0. The minimum absolute atomic E-state index is 0.111. The minimum atomic E-state index is -5.23. The Balaban J connectivity index is 3.64. The van der Waals surface area contributed by atoms with Crippen LogP contribution in [0.2, 0.25) is 0 Å². The van der Waals surface area contributed by atoms with E-state index in [0.717, 1.165) is 0 Å². The first-order valence-corrected chi connectivity index (χ1v) is 5.58. The van der Waals surface area contributed by atoms with Gasteiger partial charge in [-0.1, -0.05) is 0 Å². The molecular weight excluding hydrogens is 400 g/mol. The van der Waals surface area contributed by atoms with Gasteiger partial charge in [0, 0.05) is 9.13 Å². The number of carbonyl (C=O) groups is 1. The summed E-state index contributed by atoms with van der Waals surface area (Å²) in [4.78, 5) is 10.8. The molecule has 9 heteroatoms. The monoisotopic (exact) mass is 402 g/mol. The van der Waals surface area contributed by atoms with Crippen molar-refractivity contribution >= 4 is 39.4 Å². The molecule has 18 heavy (non-hydrogen) atoms. The topological polar surface area (TPSA) is 17.1 Å². The van der Waals surface area contributed by atoms with Crippen LogP contribution in [0.3, 0.4) is 0 Å². The van der Waals surface area contributed by atoms with Crippen molar-refractivity contribution in [3.8, 4) is 0 Å². The van der Waals surface area contributed by atoms with E-state index in [1.165, 1.54) is 22.6 Å². The Morgan fingerprint density at radius 2 is 1.39 bits per heavy atom. The van der Waals surface area contributed by atoms with Crippen molar-refractivity contribution in [1.82, 2.24) is 0 Å². The maximum absolute atomic E-state index is 12.5. The molecule has 0 unspecified atom stereocenters. The first-order valence-electron chi connectivity index (χ1n) is 4.12. The highest BCUT2D eigenvalue weighted by Gasteiger charge is 2.43. The minimum Gasteiger partial charge on any atom is -0.276 e. The average molecular weight is 402 g/mol. The molecule has 1 nitrogen and oxygen atoms in total. The fourth-order valence-corrected chi connectivity index (χ4v) is 2.22. The molecule has 1 aromatic rings. The fraction of sp³-hybridized carbons (Fsp3) is 0.222. The molecule has 0 amide bonds. The average Bonchev–Trinajstić information content (AvgIpc) is 2.13. The maximum Gasteiger partial charge on any atom is 0.417 e. The lowest BCUT2D eigenvalue weighted by Crippen LogP contribution is -2.18. The number of hydrogen-bond donors (Lipinski definition) is 0. The second-order valence-electron chi connectivity index (χ2n) is 3.15. The molecule has 1 rings (SSSR count). The molecule has 0 saturated heterocycles. The van der Waals surface area contributed by atoms with Crippen LogP contribution < -0.4 is 0 Å². The van der Waals surface area contributed by atoms with Gasteiger partial charge in [0.1, 0.15) is 0 Å². The largest absolute Gasteiger partial charge is 0.417 e. The summed E-state index contributed by atoms with van der Waals surface area (Å²) in [6, 6.07) is 0.360. The predicted octanol–water partition coefficient (Wildman–Crippen LogP) is 4.71. The zero-order chi connectivity index (χ0) is 14.3. The van der Waals surface area contributed by atoms with Gasteiger partial charge in [-0.3, -0.25) is 4.79 Å². The summed E-state index contributed by atoms with van der Waals surface area (Å²) < 4.78 is 74.6. The normalized spacial score (nSPS) is 12.7. The molecule has 1 aromatic carbocycles. The van der Waals surface area contributed by atoms with Crippen LogP contribution in [0.4, 0.5) is 26.3 Å². The third kappa shape index (κ3) is 3.28. The molecule has 0 aliphatic rings. The summed E-state index contributed by atoms with van der Waals surface area (Å²) in [6.45, 7) is 0. The Hall–Kier alpha value is -0.510. The van der Waals surface area contributed by atoms with E-state index in [0.29, 0.717) is 0 Å².